The van der Waals surface area contributed by atoms with E-state index in [9.17, 15) is 0 Å². The second-order valence-corrected chi connectivity index (χ2v) is 7.98. The predicted molar refractivity (Wildman–Crippen MR) is 101 cm³/mol. The minimum atomic E-state index is 0.448. The summed E-state index contributed by atoms with van der Waals surface area (Å²) in [6.07, 6.45) is 11.2. The summed E-state index contributed by atoms with van der Waals surface area (Å²) in [5, 5.41) is 0. The number of pyridine rings is 1. The van der Waals surface area contributed by atoms with Crippen LogP contribution in [0, 0.1) is 5.41 Å². The van der Waals surface area contributed by atoms with E-state index in [4.69, 9.17) is 9.15 Å². The van der Waals surface area contributed by atoms with Gasteiger partial charge in [-0.05, 0) is 61.5 Å². The molecule has 1 spiro atoms. The van der Waals surface area contributed by atoms with Gasteiger partial charge in [-0.25, -0.2) is 0 Å². The maximum atomic E-state index is 5.54. The number of furan rings is 1. The molecular formula is C21H29N3O2. The summed E-state index contributed by atoms with van der Waals surface area (Å²) in [4.78, 5) is 9.33. The molecule has 0 N–H and O–H groups in total. The van der Waals surface area contributed by atoms with Crippen LogP contribution >= 0.6 is 0 Å². The molecule has 5 nitrogen and oxygen atoms in total. The largest absolute Gasteiger partial charge is 0.472 e. The van der Waals surface area contributed by atoms with E-state index in [0.717, 1.165) is 19.7 Å². The Labute approximate surface area is 156 Å². The molecule has 0 unspecified atom stereocenters. The van der Waals surface area contributed by atoms with Gasteiger partial charge in [-0.2, -0.15) is 0 Å². The highest BCUT2D eigenvalue weighted by atomic mass is 16.5. The SMILES string of the molecule is COC[C@H]1CC2(CCN(Cc3ccoc3)CC2)CN1Cc1ccncc1. The highest BCUT2D eigenvalue weighted by Crippen LogP contribution is 2.44. The molecule has 4 heterocycles. The molecule has 2 aliphatic heterocycles. The van der Waals surface area contributed by atoms with Crippen molar-refractivity contribution in [3.63, 3.8) is 0 Å². The molecular weight excluding hydrogens is 326 g/mol. The lowest BCUT2D eigenvalue weighted by Crippen LogP contribution is -2.41. The Morgan fingerprint density at radius 2 is 1.96 bits per heavy atom. The fourth-order valence-electron chi connectivity index (χ4n) is 4.71. The lowest BCUT2D eigenvalue weighted by molar-refractivity contribution is 0.101. The Balaban J connectivity index is 1.38. The topological polar surface area (TPSA) is 41.7 Å². The normalized spacial score (nSPS) is 23.7. The number of aromatic nitrogens is 1. The summed E-state index contributed by atoms with van der Waals surface area (Å²) < 4.78 is 10.8. The maximum Gasteiger partial charge on any atom is 0.0947 e. The van der Waals surface area contributed by atoms with Crippen LogP contribution in [0.25, 0.3) is 0 Å². The molecule has 0 saturated carbocycles. The zero-order valence-corrected chi connectivity index (χ0v) is 15.6. The van der Waals surface area contributed by atoms with Gasteiger partial charge in [0.1, 0.15) is 0 Å². The summed E-state index contributed by atoms with van der Waals surface area (Å²) in [6, 6.07) is 6.85. The molecule has 4 rings (SSSR count). The Morgan fingerprint density at radius 1 is 1.15 bits per heavy atom. The first kappa shape index (κ1) is 17.7. The van der Waals surface area contributed by atoms with E-state index < -0.39 is 0 Å². The third-order valence-electron chi connectivity index (χ3n) is 6.12. The minimum absolute atomic E-state index is 0.448. The number of methoxy groups -OCH3 is 1. The Bertz CT molecular complexity index is 666. The van der Waals surface area contributed by atoms with E-state index >= 15 is 0 Å². The van der Waals surface area contributed by atoms with Gasteiger partial charge in [0.05, 0.1) is 19.1 Å². The van der Waals surface area contributed by atoms with Crippen LogP contribution in [0.3, 0.4) is 0 Å². The van der Waals surface area contributed by atoms with Crippen LogP contribution in [-0.4, -0.2) is 54.2 Å². The van der Waals surface area contributed by atoms with E-state index in [1.807, 2.05) is 25.8 Å². The summed E-state index contributed by atoms with van der Waals surface area (Å²) in [5.41, 5.74) is 3.07. The number of nitrogens with zero attached hydrogens (tertiary/aromatic N) is 3. The Kier molecular flexibility index (Phi) is 5.38. The number of ether oxygens (including phenoxy) is 1. The monoisotopic (exact) mass is 355 g/mol. The molecule has 0 aliphatic carbocycles. The number of hydrogen-bond acceptors (Lipinski definition) is 5. The quantitative estimate of drug-likeness (QED) is 0.796. The third-order valence-corrected chi connectivity index (χ3v) is 6.12. The average molecular weight is 355 g/mol. The highest BCUT2D eigenvalue weighted by Gasteiger charge is 2.45. The fraction of sp³-hybridized carbons (Fsp3) is 0.571. The van der Waals surface area contributed by atoms with E-state index in [2.05, 4.69) is 33.0 Å². The first-order valence-corrected chi connectivity index (χ1v) is 9.62. The van der Waals surface area contributed by atoms with Crippen molar-refractivity contribution in [2.75, 3.05) is 33.4 Å². The second kappa shape index (κ2) is 7.91. The molecule has 0 radical (unpaired) electrons. The van der Waals surface area contributed by atoms with Crippen molar-refractivity contribution in [3.8, 4) is 0 Å². The van der Waals surface area contributed by atoms with Crippen LogP contribution in [0.2, 0.25) is 0 Å². The first-order chi connectivity index (χ1) is 12.8. The van der Waals surface area contributed by atoms with E-state index in [1.54, 1.807) is 6.26 Å². The molecule has 2 aromatic rings. The van der Waals surface area contributed by atoms with Crippen molar-refractivity contribution in [2.45, 2.75) is 38.4 Å². The van der Waals surface area contributed by atoms with Crippen molar-refractivity contribution < 1.29 is 9.15 Å². The molecule has 26 heavy (non-hydrogen) atoms. The number of rotatable bonds is 6. The van der Waals surface area contributed by atoms with Crippen LogP contribution in [0.5, 0.6) is 0 Å². The molecule has 1 atom stereocenters. The van der Waals surface area contributed by atoms with Gasteiger partial charge >= 0.3 is 0 Å². The second-order valence-electron chi connectivity index (χ2n) is 7.98. The van der Waals surface area contributed by atoms with Gasteiger partial charge in [0.2, 0.25) is 0 Å². The van der Waals surface area contributed by atoms with Gasteiger partial charge in [0, 0.05) is 50.7 Å². The van der Waals surface area contributed by atoms with Crippen molar-refractivity contribution in [1.29, 1.82) is 0 Å². The first-order valence-electron chi connectivity index (χ1n) is 9.62. The molecule has 0 bridgehead atoms. The number of piperidine rings is 1. The summed E-state index contributed by atoms with van der Waals surface area (Å²) in [7, 11) is 1.82. The molecule has 2 aliphatic rings. The van der Waals surface area contributed by atoms with Crippen LogP contribution < -0.4 is 0 Å². The summed E-state index contributed by atoms with van der Waals surface area (Å²) in [5.74, 6) is 0. The van der Waals surface area contributed by atoms with E-state index in [1.165, 1.54) is 50.0 Å². The summed E-state index contributed by atoms with van der Waals surface area (Å²) >= 11 is 0. The smallest absolute Gasteiger partial charge is 0.0947 e. The van der Waals surface area contributed by atoms with Gasteiger partial charge in [0.15, 0.2) is 0 Å². The van der Waals surface area contributed by atoms with Crippen LogP contribution in [0.1, 0.15) is 30.4 Å². The van der Waals surface area contributed by atoms with Gasteiger partial charge < -0.3 is 9.15 Å². The lowest BCUT2D eigenvalue weighted by atomic mass is 9.76. The molecule has 5 heteroatoms. The van der Waals surface area contributed by atoms with E-state index in [0.29, 0.717) is 11.5 Å². The summed E-state index contributed by atoms with van der Waals surface area (Å²) in [6.45, 7) is 6.36. The van der Waals surface area contributed by atoms with Crippen LogP contribution in [0.15, 0.2) is 47.5 Å². The van der Waals surface area contributed by atoms with Crippen molar-refractivity contribution >= 4 is 0 Å². The Hall–Kier alpha value is -1.69. The van der Waals surface area contributed by atoms with Crippen LogP contribution in [0.4, 0.5) is 0 Å². The predicted octanol–water partition coefficient (Wildman–Crippen LogP) is 3.18. The molecule has 0 amide bonds. The standard InChI is InChI=1S/C21H29N3O2/c1-25-16-20-12-21(17-24(20)14-18-2-7-22-8-3-18)5-9-23(10-6-21)13-19-4-11-26-15-19/h2-4,7-8,11,15,20H,5-6,9-10,12-14,16-17H2,1H3/t20-/m1/s1. The Morgan fingerprint density at radius 3 is 2.65 bits per heavy atom. The lowest BCUT2D eigenvalue weighted by Gasteiger charge is -2.39. The number of hydrogen-bond donors (Lipinski definition) is 0. The average Bonchev–Trinajstić information content (AvgIpc) is 3.27. The maximum absolute atomic E-state index is 5.54. The third kappa shape index (κ3) is 4.00. The minimum Gasteiger partial charge on any atom is -0.472 e. The zero-order chi connectivity index (χ0) is 17.8. The molecule has 2 fully saturated rings. The van der Waals surface area contributed by atoms with Crippen LogP contribution in [-0.2, 0) is 17.8 Å². The van der Waals surface area contributed by atoms with Gasteiger partial charge in [-0.15, -0.1) is 0 Å². The van der Waals surface area contributed by atoms with Crippen molar-refractivity contribution in [3.05, 3.63) is 54.2 Å². The molecule has 2 saturated heterocycles. The van der Waals surface area contributed by atoms with Crippen molar-refractivity contribution in [2.24, 2.45) is 5.41 Å². The van der Waals surface area contributed by atoms with Gasteiger partial charge in [0.25, 0.3) is 0 Å². The van der Waals surface area contributed by atoms with Gasteiger partial charge in [-0.3, -0.25) is 14.8 Å². The number of likely N-dealkylation sites (tertiary alicyclic amines) is 2. The molecule has 2 aromatic heterocycles. The fourth-order valence-corrected chi connectivity index (χ4v) is 4.71. The van der Waals surface area contributed by atoms with Gasteiger partial charge in [-0.1, -0.05) is 0 Å². The van der Waals surface area contributed by atoms with E-state index in [-0.39, 0.29) is 0 Å². The highest BCUT2D eigenvalue weighted by molar-refractivity contribution is 5.11. The molecule has 140 valence electrons. The zero-order valence-electron chi connectivity index (χ0n) is 15.6. The van der Waals surface area contributed by atoms with Crippen molar-refractivity contribution in [1.82, 2.24) is 14.8 Å². The molecule has 0 aromatic carbocycles.